The Bertz CT molecular complexity index is 590. The average molecular weight is 358 g/mol. The van der Waals surface area contributed by atoms with Gasteiger partial charge in [0.05, 0.1) is 24.4 Å². The second kappa shape index (κ2) is 8.45. The minimum Gasteiger partial charge on any atom is -0.491 e. The second-order valence-corrected chi connectivity index (χ2v) is 6.34. The Balaban J connectivity index is 2.10. The van der Waals surface area contributed by atoms with Crippen LogP contribution in [0.5, 0.6) is 5.75 Å². The van der Waals surface area contributed by atoms with Crippen LogP contribution in [0.4, 0.5) is 18.9 Å². The van der Waals surface area contributed by atoms with Crippen molar-refractivity contribution in [1.82, 2.24) is 4.90 Å². The minimum atomic E-state index is -4.44. The number of amides is 1. The Morgan fingerprint density at radius 3 is 2.76 bits per heavy atom. The zero-order valence-corrected chi connectivity index (χ0v) is 14.7. The van der Waals surface area contributed by atoms with E-state index < -0.39 is 11.7 Å². The molecule has 25 heavy (non-hydrogen) atoms. The highest BCUT2D eigenvalue weighted by molar-refractivity contribution is 5.82. The number of hydrogen-bond acceptors (Lipinski definition) is 3. The molecule has 1 aromatic carbocycles. The van der Waals surface area contributed by atoms with Gasteiger partial charge in [-0.3, -0.25) is 4.79 Å². The summed E-state index contributed by atoms with van der Waals surface area (Å²) in [6.45, 7) is 4.96. The Morgan fingerprint density at radius 2 is 2.12 bits per heavy atom. The number of hydrogen-bond donors (Lipinski definition) is 1. The lowest BCUT2D eigenvalue weighted by Crippen LogP contribution is -2.44. The summed E-state index contributed by atoms with van der Waals surface area (Å²) in [7, 11) is 0. The maximum Gasteiger partial charge on any atom is 0.416 e. The van der Waals surface area contributed by atoms with Crippen LogP contribution >= 0.6 is 0 Å². The summed E-state index contributed by atoms with van der Waals surface area (Å²) >= 11 is 0. The van der Waals surface area contributed by atoms with Crippen LogP contribution in [0.15, 0.2) is 18.2 Å². The smallest absolute Gasteiger partial charge is 0.416 e. The Morgan fingerprint density at radius 1 is 1.36 bits per heavy atom. The highest BCUT2D eigenvalue weighted by atomic mass is 19.4. The van der Waals surface area contributed by atoms with Crippen LogP contribution in [0.3, 0.4) is 0 Å². The van der Waals surface area contributed by atoms with E-state index in [9.17, 15) is 18.0 Å². The van der Waals surface area contributed by atoms with Gasteiger partial charge >= 0.3 is 6.18 Å². The lowest BCUT2D eigenvalue weighted by atomic mass is 10.0. The summed E-state index contributed by atoms with van der Waals surface area (Å²) in [5.74, 6) is 0.223. The van der Waals surface area contributed by atoms with E-state index >= 15 is 0 Å². The molecule has 1 unspecified atom stereocenters. The van der Waals surface area contributed by atoms with Gasteiger partial charge in [0.2, 0.25) is 5.91 Å². The van der Waals surface area contributed by atoms with E-state index in [1.165, 1.54) is 6.07 Å². The summed E-state index contributed by atoms with van der Waals surface area (Å²) in [6.07, 6.45) is -0.679. The van der Waals surface area contributed by atoms with E-state index in [0.717, 1.165) is 37.8 Å². The standard InChI is InChI=1S/C18H25F3N2O2/c1-3-10-25-16-8-7-14(18(19,20)21)11-15(16)22-12-17(24)23-9-5-4-6-13(23)2/h7-8,11,13,22H,3-6,9-10,12H2,1-2H3. The number of anilines is 1. The largest absolute Gasteiger partial charge is 0.491 e. The van der Waals surface area contributed by atoms with Crippen molar-refractivity contribution in [3.63, 3.8) is 0 Å². The van der Waals surface area contributed by atoms with Gasteiger partial charge in [-0.05, 0) is 50.8 Å². The summed E-state index contributed by atoms with van der Waals surface area (Å²) in [5.41, 5.74) is -0.570. The SMILES string of the molecule is CCCOc1ccc(C(F)(F)F)cc1NCC(=O)N1CCCCC1C. The number of rotatable bonds is 6. The molecular weight excluding hydrogens is 333 g/mol. The summed E-state index contributed by atoms with van der Waals surface area (Å²) in [6, 6.07) is 3.46. The predicted octanol–water partition coefficient (Wildman–Crippen LogP) is 4.31. The van der Waals surface area contributed by atoms with Crippen molar-refractivity contribution in [2.75, 3.05) is 25.0 Å². The lowest BCUT2D eigenvalue weighted by molar-refractivity contribution is -0.137. The zero-order chi connectivity index (χ0) is 18.4. The van der Waals surface area contributed by atoms with Crippen LogP contribution < -0.4 is 10.1 Å². The summed E-state index contributed by atoms with van der Waals surface area (Å²) in [5, 5.41) is 2.84. The average Bonchev–Trinajstić information content (AvgIpc) is 2.57. The normalized spacial score (nSPS) is 18.1. The van der Waals surface area contributed by atoms with Gasteiger partial charge in [0.15, 0.2) is 0 Å². The molecule has 0 saturated carbocycles. The summed E-state index contributed by atoms with van der Waals surface area (Å²) in [4.78, 5) is 14.2. The van der Waals surface area contributed by atoms with Crippen molar-refractivity contribution in [2.45, 2.75) is 51.7 Å². The maximum absolute atomic E-state index is 12.9. The van der Waals surface area contributed by atoms with E-state index in [1.54, 1.807) is 4.90 Å². The molecular formula is C18H25F3N2O2. The van der Waals surface area contributed by atoms with Gasteiger partial charge in [0.25, 0.3) is 0 Å². The summed E-state index contributed by atoms with van der Waals surface area (Å²) < 4.78 is 44.3. The third-order valence-electron chi connectivity index (χ3n) is 4.32. The van der Waals surface area contributed by atoms with Gasteiger partial charge in [-0.25, -0.2) is 0 Å². The number of nitrogens with zero attached hydrogens (tertiary/aromatic N) is 1. The predicted molar refractivity (Wildman–Crippen MR) is 90.7 cm³/mol. The molecule has 0 radical (unpaired) electrons. The van der Waals surface area contributed by atoms with E-state index in [0.29, 0.717) is 18.9 Å². The second-order valence-electron chi connectivity index (χ2n) is 6.34. The molecule has 1 saturated heterocycles. The molecule has 0 spiro atoms. The fraction of sp³-hybridized carbons (Fsp3) is 0.611. The van der Waals surface area contributed by atoms with Gasteiger partial charge in [-0.15, -0.1) is 0 Å². The molecule has 7 heteroatoms. The number of benzene rings is 1. The van der Waals surface area contributed by atoms with Crippen molar-refractivity contribution in [1.29, 1.82) is 0 Å². The van der Waals surface area contributed by atoms with Crippen LogP contribution in [0.25, 0.3) is 0 Å². The Kier molecular flexibility index (Phi) is 6.56. The van der Waals surface area contributed by atoms with Crippen molar-refractivity contribution in [3.8, 4) is 5.75 Å². The fourth-order valence-electron chi connectivity index (χ4n) is 2.92. The van der Waals surface area contributed by atoms with E-state index in [1.807, 2.05) is 13.8 Å². The van der Waals surface area contributed by atoms with Gasteiger partial charge in [-0.1, -0.05) is 6.92 Å². The number of ether oxygens (including phenoxy) is 1. The molecule has 0 aromatic heterocycles. The van der Waals surface area contributed by atoms with Gasteiger partial charge in [0.1, 0.15) is 5.75 Å². The molecule has 4 nitrogen and oxygen atoms in total. The van der Waals surface area contributed by atoms with Crippen LogP contribution in [0.1, 0.15) is 45.1 Å². The molecule has 2 rings (SSSR count). The molecule has 1 aliphatic heterocycles. The van der Waals surface area contributed by atoms with Crippen LogP contribution in [0.2, 0.25) is 0 Å². The number of alkyl halides is 3. The number of carbonyl (C=O) groups excluding carboxylic acids is 1. The zero-order valence-electron chi connectivity index (χ0n) is 14.7. The van der Waals surface area contributed by atoms with Crippen molar-refractivity contribution in [3.05, 3.63) is 23.8 Å². The molecule has 0 bridgehead atoms. The molecule has 1 amide bonds. The van der Waals surface area contributed by atoms with E-state index in [2.05, 4.69) is 5.32 Å². The molecule has 1 heterocycles. The molecule has 140 valence electrons. The number of likely N-dealkylation sites (tertiary alicyclic amines) is 1. The molecule has 1 atom stereocenters. The number of nitrogens with one attached hydrogen (secondary N) is 1. The quantitative estimate of drug-likeness (QED) is 0.824. The first-order chi connectivity index (χ1) is 11.8. The molecule has 1 N–H and O–H groups in total. The lowest BCUT2D eigenvalue weighted by Gasteiger charge is -2.33. The molecule has 1 fully saturated rings. The number of halogens is 3. The third-order valence-corrected chi connectivity index (χ3v) is 4.32. The van der Waals surface area contributed by atoms with Crippen molar-refractivity contribution in [2.24, 2.45) is 0 Å². The van der Waals surface area contributed by atoms with Gasteiger partial charge in [0, 0.05) is 12.6 Å². The highest BCUT2D eigenvalue weighted by Gasteiger charge is 2.31. The van der Waals surface area contributed by atoms with Crippen LogP contribution in [0, 0.1) is 0 Å². The third kappa shape index (κ3) is 5.28. The minimum absolute atomic E-state index is 0.0475. The van der Waals surface area contributed by atoms with Crippen LogP contribution in [-0.2, 0) is 11.0 Å². The Hall–Kier alpha value is -1.92. The number of carbonyl (C=O) groups is 1. The fourth-order valence-corrected chi connectivity index (χ4v) is 2.92. The molecule has 0 aliphatic carbocycles. The van der Waals surface area contributed by atoms with Crippen LogP contribution in [-0.4, -0.2) is 36.5 Å². The topological polar surface area (TPSA) is 41.6 Å². The first kappa shape index (κ1) is 19.4. The highest BCUT2D eigenvalue weighted by Crippen LogP contribution is 2.35. The monoisotopic (exact) mass is 358 g/mol. The van der Waals surface area contributed by atoms with Gasteiger partial charge in [-0.2, -0.15) is 13.2 Å². The maximum atomic E-state index is 12.9. The van der Waals surface area contributed by atoms with Gasteiger partial charge < -0.3 is 15.0 Å². The first-order valence-corrected chi connectivity index (χ1v) is 8.70. The Labute approximate surface area is 146 Å². The molecule has 1 aliphatic rings. The van der Waals surface area contributed by atoms with Crippen molar-refractivity contribution >= 4 is 11.6 Å². The first-order valence-electron chi connectivity index (χ1n) is 8.70. The van der Waals surface area contributed by atoms with E-state index in [4.69, 9.17) is 4.74 Å². The van der Waals surface area contributed by atoms with E-state index in [-0.39, 0.29) is 24.2 Å². The number of piperidine rings is 1. The molecule has 1 aromatic rings. The van der Waals surface area contributed by atoms with Crippen molar-refractivity contribution < 1.29 is 22.7 Å².